The van der Waals surface area contributed by atoms with Crippen molar-refractivity contribution in [2.45, 2.75) is 51.3 Å². The van der Waals surface area contributed by atoms with Gasteiger partial charge in [0.05, 0.1) is 0 Å². The molecule has 118 valence electrons. The van der Waals surface area contributed by atoms with Crippen LogP contribution in [0.15, 0.2) is 29.6 Å². The number of fused-ring (bicyclic) bond motifs is 1. The summed E-state index contributed by atoms with van der Waals surface area (Å²) in [4.78, 5) is 11.7. The Morgan fingerprint density at radius 1 is 1.23 bits per heavy atom. The molecule has 1 aromatic carbocycles. The van der Waals surface area contributed by atoms with E-state index in [1.807, 2.05) is 20.8 Å². The van der Waals surface area contributed by atoms with E-state index < -0.39 is 5.60 Å². The number of carbonyl (C=O) groups excluding carboxylic acids is 1. The lowest BCUT2D eigenvalue weighted by atomic mass is 9.86. The third-order valence-corrected chi connectivity index (χ3v) is 4.58. The zero-order valence-electron chi connectivity index (χ0n) is 13.2. The Labute approximate surface area is 134 Å². The number of rotatable bonds is 3. The minimum Gasteiger partial charge on any atom is -0.444 e. The highest BCUT2D eigenvalue weighted by Crippen LogP contribution is 2.28. The normalized spacial score (nSPS) is 21.2. The fourth-order valence-electron chi connectivity index (χ4n) is 2.62. The maximum Gasteiger partial charge on any atom is 0.407 e. The minimum absolute atomic E-state index is 0.206. The summed E-state index contributed by atoms with van der Waals surface area (Å²) in [6, 6.07) is 9.21. The van der Waals surface area contributed by atoms with E-state index in [1.165, 1.54) is 10.1 Å². The molecule has 0 aliphatic heterocycles. The molecule has 1 fully saturated rings. The molecule has 3 rings (SSSR count). The van der Waals surface area contributed by atoms with Crippen LogP contribution in [0.4, 0.5) is 10.5 Å². The topological polar surface area (TPSA) is 50.4 Å². The quantitative estimate of drug-likeness (QED) is 0.883. The third kappa shape index (κ3) is 3.71. The van der Waals surface area contributed by atoms with Gasteiger partial charge in [0.15, 0.2) is 0 Å². The van der Waals surface area contributed by atoms with Gasteiger partial charge in [-0.25, -0.2) is 4.79 Å². The van der Waals surface area contributed by atoms with Crippen LogP contribution >= 0.6 is 11.3 Å². The molecule has 1 heterocycles. The number of ether oxygens (including phenoxy) is 1. The Bertz CT molecular complexity index is 669. The maximum absolute atomic E-state index is 11.7. The molecular formula is C17H22N2O2S. The number of hydrogen-bond acceptors (Lipinski definition) is 4. The Balaban J connectivity index is 1.46. The highest BCUT2D eigenvalue weighted by Gasteiger charge is 2.31. The Hall–Kier alpha value is -1.75. The molecule has 1 amide bonds. The Morgan fingerprint density at radius 2 is 2.00 bits per heavy atom. The standard InChI is InChI=1S/C17H22N2O2S/c1-17(2,3)21-16(20)19-14-9-13(10-14)18-12-4-5-15-11(8-12)6-7-22-15/h4-8,13-14,18H,9-10H2,1-3H3,(H,19,20). The smallest absolute Gasteiger partial charge is 0.407 e. The molecule has 1 aliphatic carbocycles. The van der Waals surface area contributed by atoms with E-state index in [2.05, 4.69) is 40.3 Å². The molecule has 2 N–H and O–H groups in total. The molecule has 4 nitrogen and oxygen atoms in total. The van der Waals surface area contributed by atoms with Gasteiger partial charge in [0.25, 0.3) is 0 Å². The van der Waals surface area contributed by atoms with Crippen LogP contribution in [0.1, 0.15) is 33.6 Å². The molecule has 0 atom stereocenters. The molecular weight excluding hydrogens is 296 g/mol. The van der Waals surface area contributed by atoms with Crippen LogP contribution in [0.5, 0.6) is 0 Å². The SMILES string of the molecule is CC(C)(C)OC(=O)NC1CC(Nc2ccc3sccc3c2)C1. The summed E-state index contributed by atoms with van der Waals surface area (Å²) in [5.74, 6) is 0. The van der Waals surface area contributed by atoms with Gasteiger partial charge in [0, 0.05) is 22.5 Å². The first-order valence-electron chi connectivity index (χ1n) is 7.62. The number of nitrogens with one attached hydrogen (secondary N) is 2. The van der Waals surface area contributed by atoms with Crippen molar-refractivity contribution < 1.29 is 9.53 Å². The lowest BCUT2D eigenvalue weighted by Crippen LogP contribution is -2.50. The predicted molar refractivity (Wildman–Crippen MR) is 91.6 cm³/mol. The molecule has 22 heavy (non-hydrogen) atoms. The van der Waals surface area contributed by atoms with E-state index in [4.69, 9.17) is 4.74 Å². The van der Waals surface area contributed by atoms with Crippen LogP contribution in [0, 0.1) is 0 Å². The summed E-state index contributed by atoms with van der Waals surface area (Å²) in [7, 11) is 0. The van der Waals surface area contributed by atoms with Crippen molar-refractivity contribution in [3.8, 4) is 0 Å². The van der Waals surface area contributed by atoms with Gasteiger partial charge in [-0.15, -0.1) is 11.3 Å². The summed E-state index contributed by atoms with van der Waals surface area (Å²) in [6.07, 6.45) is 1.54. The second kappa shape index (κ2) is 5.80. The number of benzene rings is 1. The van der Waals surface area contributed by atoms with Crippen molar-refractivity contribution in [1.82, 2.24) is 5.32 Å². The van der Waals surface area contributed by atoms with Crippen molar-refractivity contribution in [1.29, 1.82) is 0 Å². The molecule has 0 bridgehead atoms. The second-order valence-electron chi connectivity index (χ2n) is 6.83. The van der Waals surface area contributed by atoms with Gasteiger partial charge in [-0.1, -0.05) is 0 Å². The number of thiophene rings is 1. The van der Waals surface area contributed by atoms with Crippen LogP contribution in [0.3, 0.4) is 0 Å². The molecule has 2 aromatic rings. The zero-order chi connectivity index (χ0) is 15.7. The van der Waals surface area contributed by atoms with Gasteiger partial charge in [0.1, 0.15) is 5.60 Å². The van der Waals surface area contributed by atoms with Crippen LogP contribution < -0.4 is 10.6 Å². The van der Waals surface area contributed by atoms with Crippen molar-refractivity contribution in [2.24, 2.45) is 0 Å². The first kappa shape index (κ1) is 15.2. The van der Waals surface area contributed by atoms with E-state index >= 15 is 0 Å². The molecule has 1 aromatic heterocycles. The predicted octanol–water partition coefficient (Wildman–Crippen LogP) is 4.37. The summed E-state index contributed by atoms with van der Waals surface area (Å²) in [5, 5.41) is 9.82. The fraction of sp³-hybridized carbons (Fsp3) is 0.471. The Morgan fingerprint density at radius 3 is 2.73 bits per heavy atom. The number of carbonyl (C=O) groups is 1. The highest BCUT2D eigenvalue weighted by atomic mass is 32.1. The summed E-state index contributed by atoms with van der Waals surface area (Å²) < 4.78 is 6.58. The lowest BCUT2D eigenvalue weighted by molar-refractivity contribution is 0.0475. The summed E-state index contributed by atoms with van der Waals surface area (Å²) in [6.45, 7) is 5.62. The van der Waals surface area contributed by atoms with Crippen molar-refractivity contribution in [3.63, 3.8) is 0 Å². The van der Waals surface area contributed by atoms with Gasteiger partial charge in [-0.3, -0.25) is 0 Å². The van der Waals surface area contributed by atoms with Crippen LogP contribution in [0.25, 0.3) is 10.1 Å². The van der Waals surface area contributed by atoms with E-state index in [9.17, 15) is 4.79 Å². The number of hydrogen-bond donors (Lipinski definition) is 2. The van der Waals surface area contributed by atoms with E-state index in [0.29, 0.717) is 6.04 Å². The summed E-state index contributed by atoms with van der Waals surface area (Å²) in [5.41, 5.74) is 0.702. The molecule has 0 radical (unpaired) electrons. The average Bonchev–Trinajstić information content (AvgIpc) is 2.81. The number of amides is 1. The molecule has 0 saturated heterocycles. The van der Waals surface area contributed by atoms with Crippen LogP contribution in [0.2, 0.25) is 0 Å². The molecule has 0 unspecified atom stereocenters. The lowest BCUT2D eigenvalue weighted by Gasteiger charge is -2.37. The van der Waals surface area contributed by atoms with Gasteiger partial charge >= 0.3 is 6.09 Å². The van der Waals surface area contributed by atoms with Crippen LogP contribution in [-0.2, 0) is 4.74 Å². The monoisotopic (exact) mass is 318 g/mol. The number of alkyl carbamates (subject to hydrolysis) is 1. The number of anilines is 1. The van der Waals surface area contributed by atoms with Crippen molar-refractivity contribution >= 4 is 33.2 Å². The van der Waals surface area contributed by atoms with Gasteiger partial charge in [0.2, 0.25) is 0 Å². The van der Waals surface area contributed by atoms with Crippen LogP contribution in [-0.4, -0.2) is 23.8 Å². The molecule has 1 saturated carbocycles. The fourth-order valence-corrected chi connectivity index (χ4v) is 3.39. The molecule has 1 aliphatic rings. The zero-order valence-corrected chi connectivity index (χ0v) is 14.0. The molecule has 5 heteroatoms. The summed E-state index contributed by atoms with van der Waals surface area (Å²) >= 11 is 1.76. The van der Waals surface area contributed by atoms with E-state index in [-0.39, 0.29) is 12.1 Å². The average molecular weight is 318 g/mol. The third-order valence-electron chi connectivity index (χ3n) is 3.68. The minimum atomic E-state index is -0.443. The largest absolute Gasteiger partial charge is 0.444 e. The Kier molecular flexibility index (Phi) is 4.00. The second-order valence-corrected chi connectivity index (χ2v) is 7.78. The highest BCUT2D eigenvalue weighted by molar-refractivity contribution is 7.17. The van der Waals surface area contributed by atoms with E-state index in [0.717, 1.165) is 18.5 Å². The first-order chi connectivity index (χ1) is 10.4. The van der Waals surface area contributed by atoms with Crippen molar-refractivity contribution in [3.05, 3.63) is 29.6 Å². The maximum atomic E-state index is 11.7. The first-order valence-corrected chi connectivity index (χ1v) is 8.50. The van der Waals surface area contributed by atoms with E-state index in [1.54, 1.807) is 11.3 Å². The van der Waals surface area contributed by atoms with Gasteiger partial charge in [-0.2, -0.15) is 0 Å². The van der Waals surface area contributed by atoms with Gasteiger partial charge < -0.3 is 15.4 Å². The van der Waals surface area contributed by atoms with Gasteiger partial charge in [-0.05, 0) is 68.6 Å². The molecule has 0 spiro atoms. The van der Waals surface area contributed by atoms with Crippen molar-refractivity contribution in [2.75, 3.05) is 5.32 Å².